The zero-order valence-electron chi connectivity index (χ0n) is 8.08. The first-order chi connectivity index (χ1) is 7.26. The highest BCUT2D eigenvalue weighted by Gasteiger charge is 2.06. The zero-order valence-corrected chi connectivity index (χ0v) is 9.67. The van der Waals surface area contributed by atoms with Crippen molar-refractivity contribution in [3.05, 3.63) is 34.4 Å². The number of benzene rings is 1. The molecule has 0 spiro atoms. The molecule has 3 nitrogen and oxygen atoms in total. The number of anilines is 1. The van der Waals surface area contributed by atoms with Gasteiger partial charge in [-0.2, -0.15) is 5.26 Å². The van der Waals surface area contributed by atoms with Gasteiger partial charge in [0.1, 0.15) is 6.07 Å². The Morgan fingerprint density at radius 2 is 2.27 bits per heavy atom. The molecule has 0 saturated carbocycles. The molecule has 1 heterocycles. The number of hydrogen-bond acceptors (Lipinski definition) is 3. The Hall–Kier alpha value is -1.60. The van der Waals surface area contributed by atoms with Crippen molar-refractivity contribution >= 4 is 32.5 Å². The Morgan fingerprint density at radius 3 is 2.93 bits per heavy atom. The summed E-state index contributed by atoms with van der Waals surface area (Å²) < 4.78 is 0.981. The lowest BCUT2D eigenvalue weighted by atomic mass is 10.1. The van der Waals surface area contributed by atoms with Gasteiger partial charge in [0.15, 0.2) is 0 Å². The fourth-order valence-electron chi connectivity index (χ4n) is 1.52. The summed E-state index contributed by atoms with van der Waals surface area (Å²) in [6.07, 6.45) is 1.58. The molecule has 0 saturated heterocycles. The predicted molar refractivity (Wildman–Crippen MR) is 63.7 cm³/mol. The van der Waals surface area contributed by atoms with Gasteiger partial charge < -0.3 is 5.32 Å². The largest absolute Gasteiger partial charge is 0.386 e. The summed E-state index contributed by atoms with van der Waals surface area (Å²) in [5.74, 6) is 0. The van der Waals surface area contributed by atoms with Crippen molar-refractivity contribution in [1.29, 1.82) is 5.26 Å². The lowest BCUT2D eigenvalue weighted by molar-refractivity contribution is 1.35. The highest BCUT2D eigenvalue weighted by atomic mass is 79.9. The zero-order chi connectivity index (χ0) is 10.8. The van der Waals surface area contributed by atoms with Crippen LogP contribution in [0.25, 0.3) is 10.9 Å². The van der Waals surface area contributed by atoms with Crippen LogP contribution in [-0.2, 0) is 0 Å². The number of nitrogens with zero attached hydrogens (tertiary/aromatic N) is 2. The van der Waals surface area contributed by atoms with Gasteiger partial charge in [-0.1, -0.05) is 15.9 Å². The average molecular weight is 262 g/mol. The topological polar surface area (TPSA) is 48.7 Å². The second kappa shape index (κ2) is 3.87. The fourth-order valence-corrected chi connectivity index (χ4v) is 1.87. The molecule has 1 N–H and O–H groups in total. The van der Waals surface area contributed by atoms with Crippen molar-refractivity contribution in [1.82, 2.24) is 4.98 Å². The van der Waals surface area contributed by atoms with Crippen LogP contribution >= 0.6 is 15.9 Å². The van der Waals surface area contributed by atoms with Gasteiger partial charge in [-0.3, -0.25) is 4.98 Å². The summed E-state index contributed by atoms with van der Waals surface area (Å²) in [4.78, 5) is 4.23. The molecule has 0 atom stereocenters. The lowest BCUT2D eigenvalue weighted by Gasteiger charge is -2.07. The van der Waals surface area contributed by atoms with E-state index in [-0.39, 0.29) is 0 Å². The summed E-state index contributed by atoms with van der Waals surface area (Å²) in [6, 6.07) is 7.92. The van der Waals surface area contributed by atoms with E-state index in [1.807, 2.05) is 18.2 Å². The molecule has 74 valence electrons. The van der Waals surface area contributed by atoms with E-state index in [2.05, 4.69) is 32.3 Å². The van der Waals surface area contributed by atoms with E-state index in [4.69, 9.17) is 5.26 Å². The van der Waals surface area contributed by atoms with E-state index in [0.29, 0.717) is 5.56 Å². The quantitative estimate of drug-likeness (QED) is 0.859. The van der Waals surface area contributed by atoms with E-state index < -0.39 is 0 Å². The standard InChI is InChI=1S/C11H8BrN3/c1-14-11-7(5-13)6-15-10-4-8(12)2-3-9(10)11/h2-4,6H,1H3,(H,14,15). The Labute approximate surface area is 95.9 Å². The second-order valence-corrected chi connectivity index (χ2v) is 3.99. The maximum Gasteiger partial charge on any atom is 0.103 e. The molecule has 2 aromatic rings. The van der Waals surface area contributed by atoms with Crippen molar-refractivity contribution in [2.24, 2.45) is 0 Å². The van der Waals surface area contributed by atoms with Crippen LogP contribution in [0, 0.1) is 11.3 Å². The summed E-state index contributed by atoms with van der Waals surface area (Å²) in [7, 11) is 1.80. The first-order valence-electron chi connectivity index (χ1n) is 4.42. The maximum absolute atomic E-state index is 8.92. The minimum atomic E-state index is 0.562. The van der Waals surface area contributed by atoms with Crippen molar-refractivity contribution in [2.45, 2.75) is 0 Å². The molecular formula is C11H8BrN3. The van der Waals surface area contributed by atoms with Gasteiger partial charge in [0.2, 0.25) is 0 Å². The summed E-state index contributed by atoms with van der Waals surface area (Å²) in [6.45, 7) is 0. The van der Waals surface area contributed by atoms with Gasteiger partial charge in [-0.05, 0) is 18.2 Å². The Morgan fingerprint density at radius 1 is 1.47 bits per heavy atom. The summed E-state index contributed by atoms with van der Waals surface area (Å²) in [5, 5.41) is 12.9. The molecule has 0 amide bonds. The SMILES string of the molecule is CNc1c(C#N)cnc2cc(Br)ccc12. The molecule has 4 heteroatoms. The third-order valence-electron chi connectivity index (χ3n) is 2.20. The monoisotopic (exact) mass is 261 g/mol. The average Bonchev–Trinajstić information content (AvgIpc) is 2.27. The van der Waals surface area contributed by atoms with Crippen LogP contribution in [-0.4, -0.2) is 12.0 Å². The molecule has 0 bridgehead atoms. The van der Waals surface area contributed by atoms with Crippen molar-refractivity contribution < 1.29 is 0 Å². The van der Waals surface area contributed by atoms with Crippen LogP contribution in [0.15, 0.2) is 28.9 Å². The third kappa shape index (κ3) is 1.66. The van der Waals surface area contributed by atoms with E-state index in [1.165, 1.54) is 0 Å². The van der Waals surface area contributed by atoms with Crippen LogP contribution in [0.1, 0.15) is 5.56 Å². The normalized spacial score (nSPS) is 9.93. The van der Waals surface area contributed by atoms with E-state index in [9.17, 15) is 0 Å². The Bertz CT molecular complexity index is 557. The number of fused-ring (bicyclic) bond motifs is 1. The predicted octanol–water partition coefficient (Wildman–Crippen LogP) is 2.91. The molecule has 0 aliphatic rings. The van der Waals surface area contributed by atoms with Crippen LogP contribution in [0.3, 0.4) is 0 Å². The third-order valence-corrected chi connectivity index (χ3v) is 2.69. The number of nitrogens with one attached hydrogen (secondary N) is 1. The number of aromatic nitrogens is 1. The smallest absolute Gasteiger partial charge is 0.103 e. The minimum Gasteiger partial charge on any atom is -0.386 e. The van der Waals surface area contributed by atoms with Gasteiger partial charge >= 0.3 is 0 Å². The van der Waals surface area contributed by atoms with Crippen molar-refractivity contribution in [2.75, 3.05) is 12.4 Å². The highest BCUT2D eigenvalue weighted by Crippen LogP contribution is 2.27. The van der Waals surface area contributed by atoms with E-state index >= 15 is 0 Å². The number of pyridine rings is 1. The molecule has 0 radical (unpaired) electrons. The second-order valence-electron chi connectivity index (χ2n) is 3.07. The summed E-state index contributed by atoms with van der Waals surface area (Å²) >= 11 is 3.39. The van der Waals surface area contributed by atoms with Gasteiger partial charge in [0.25, 0.3) is 0 Å². The van der Waals surface area contributed by atoms with Gasteiger partial charge in [0.05, 0.1) is 16.8 Å². The molecule has 1 aromatic heterocycles. The molecule has 2 rings (SSSR count). The van der Waals surface area contributed by atoms with Crippen LogP contribution < -0.4 is 5.32 Å². The minimum absolute atomic E-state index is 0.562. The van der Waals surface area contributed by atoms with Crippen LogP contribution in [0.4, 0.5) is 5.69 Å². The van der Waals surface area contributed by atoms with E-state index in [0.717, 1.165) is 21.1 Å². The molecule has 0 unspecified atom stereocenters. The van der Waals surface area contributed by atoms with E-state index in [1.54, 1.807) is 13.2 Å². The van der Waals surface area contributed by atoms with Gasteiger partial charge in [-0.15, -0.1) is 0 Å². The Kier molecular flexibility index (Phi) is 2.57. The first kappa shape index (κ1) is 9.94. The molecule has 15 heavy (non-hydrogen) atoms. The molecular weight excluding hydrogens is 254 g/mol. The lowest BCUT2D eigenvalue weighted by Crippen LogP contribution is -1.95. The van der Waals surface area contributed by atoms with Crippen LogP contribution in [0.5, 0.6) is 0 Å². The van der Waals surface area contributed by atoms with Crippen molar-refractivity contribution in [3.8, 4) is 6.07 Å². The number of nitriles is 1. The fraction of sp³-hybridized carbons (Fsp3) is 0.0909. The van der Waals surface area contributed by atoms with Crippen LogP contribution in [0.2, 0.25) is 0 Å². The Balaban J connectivity index is 2.83. The number of hydrogen-bond donors (Lipinski definition) is 1. The first-order valence-corrected chi connectivity index (χ1v) is 5.21. The molecule has 0 fully saturated rings. The number of halogens is 1. The maximum atomic E-state index is 8.92. The highest BCUT2D eigenvalue weighted by molar-refractivity contribution is 9.10. The van der Waals surface area contributed by atoms with Crippen molar-refractivity contribution in [3.63, 3.8) is 0 Å². The molecule has 0 aliphatic heterocycles. The molecule has 0 aliphatic carbocycles. The van der Waals surface area contributed by atoms with Gasteiger partial charge in [-0.25, -0.2) is 0 Å². The van der Waals surface area contributed by atoms with Gasteiger partial charge in [0, 0.05) is 23.1 Å². The number of rotatable bonds is 1. The summed E-state index contributed by atoms with van der Waals surface area (Å²) in [5.41, 5.74) is 2.26. The molecule has 1 aromatic carbocycles.